The molecule has 0 aromatic heterocycles. The molecule has 0 aromatic carbocycles. The molecule has 0 aliphatic rings. The van der Waals surface area contributed by atoms with Crippen molar-refractivity contribution < 1.29 is 58.1 Å². The molecule has 0 unspecified atom stereocenters. The van der Waals surface area contributed by atoms with Gasteiger partial charge in [-0.05, 0) is 0 Å². The third-order valence-corrected chi connectivity index (χ3v) is 0. The van der Waals surface area contributed by atoms with Crippen molar-refractivity contribution in [3.05, 3.63) is 0 Å². The number of hydrogen-bond acceptors (Lipinski definition) is 1. The second kappa shape index (κ2) is 46.4. The first kappa shape index (κ1) is 30.6. The fourth-order valence-electron chi connectivity index (χ4n) is 0. The second-order valence-electron chi connectivity index (χ2n) is 0. The van der Waals surface area contributed by atoms with Crippen molar-refractivity contribution >= 4 is 0 Å². The van der Waals surface area contributed by atoms with Gasteiger partial charge in [-0.1, -0.05) is 0 Å². The van der Waals surface area contributed by atoms with Crippen molar-refractivity contribution in [1.29, 1.82) is 0 Å². The molecule has 37 valence electrons. The standard InChI is InChI=1S/CH4O.Cu.Ni.Zn/c1-2;;;/h2H,1H3;;;. The zero-order chi connectivity index (χ0) is 2.00. The van der Waals surface area contributed by atoms with Gasteiger partial charge in [0, 0.05) is 60.1 Å². The Labute approximate surface area is 65.1 Å². The average Bonchev–Trinajstić information content (AvgIpc) is 1.00. The van der Waals surface area contributed by atoms with Gasteiger partial charge in [-0.25, -0.2) is 0 Å². The Morgan fingerprint density at radius 3 is 1.20 bits per heavy atom. The molecule has 0 saturated heterocycles. The Morgan fingerprint density at radius 1 is 1.20 bits per heavy atom. The second-order valence-corrected chi connectivity index (χ2v) is 0. The molecule has 0 aromatic rings. The van der Waals surface area contributed by atoms with E-state index in [-0.39, 0.29) is 53.0 Å². The van der Waals surface area contributed by atoms with Crippen molar-refractivity contribution in [2.75, 3.05) is 7.11 Å². The maximum atomic E-state index is 7.00. The summed E-state index contributed by atoms with van der Waals surface area (Å²) in [4.78, 5) is 0. The average molecular weight is 220 g/mol. The number of rotatable bonds is 0. The summed E-state index contributed by atoms with van der Waals surface area (Å²) in [6.45, 7) is 0. The van der Waals surface area contributed by atoms with Crippen LogP contribution >= 0.6 is 0 Å². The van der Waals surface area contributed by atoms with Crippen LogP contribution in [0, 0.1) is 0 Å². The van der Waals surface area contributed by atoms with Gasteiger partial charge < -0.3 is 5.11 Å². The van der Waals surface area contributed by atoms with Crippen molar-refractivity contribution in [1.82, 2.24) is 0 Å². The fourth-order valence-corrected chi connectivity index (χ4v) is 0. The van der Waals surface area contributed by atoms with Crippen LogP contribution in [0.3, 0.4) is 0 Å². The summed E-state index contributed by atoms with van der Waals surface area (Å²) >= 11 is 0. The Balaban J connectivity index is -0.00000000167. The number of hydrogen-bond donors (Lipinski definition) is 1. The van der Waals surface area contributed by atoms with Crippen LogP contribution in [0.15, 0.2) is 0 Å². The van der Waals surface area contributed by atoms with E-state index < -0.39 is 0 Å². The third-order valence-electron chi connectivity index (χ3n) is 0. The third kappa shape index (κ3) is 28.4. The van der Waals surface area contributed by atoms with Gasteiger partial charge in [-0.3, -0.25) is 0 Å². The maximum absolute atomic E-state index is 7.00. The van der Waals surface area contributed by atoms with E-state index in [1.165, 1.54) is 0 Å². The van der Waals surface area contributed by atoms with Gasteiger partial charge in [0.15, 0.2) is 0 Å². The summed E-state index contributed by atoms with van der Waals surface area (Å²) in [6, 6.07) is 0. The van der Waals surface area contributed by atoms with E-state index in [2.05, 4.69) is 0 Å². The van der Waals surface area contributed by atoms with Gasteiger partial charge in [0.25, 0.3) is 0 Å². The summed E-state index contributed by atoms with van der Waals surface area (Å²) < 4.78 is 0. The minimum absolute atomic E-state index is 0. The molecule has 1 radical (unpaired) electrons. The number of aliphatic hydroxyl groups excluding tert-OH is 1. The van der Waals surface area contributed by atoms with Crippen molar-refractivity contribution in [2.24, 2.45) is 0 Å². The van der Waals surface area contributed by atoms with Crippen LogP contribution in [-0.2, 0) is 53.0 Å². The number of aliphatic hydroxyl groups is 1. The summed E-state index contributed by atoms with van der Waals surface area (Å²) in [5.74, 6) is 0. The normalized spacial score (nSPS) is 1.20. The van der Waals surface area contributed by atoms with Crippen LogP contribution < -0.4 is 0 Å². The topological polar surface area (TPSA) is 20.2 Å². The van der Waals surface area contributed by atoms with Crippen LogP contribution in [0.5, 0.6) is 0 Å². The molecule has 0 fully saturated rings. The van der Waals surface area contributed by atoms with Crippen LogP contribution in [-0.4, -0.2) is 12.2 Å². The van der Waals surface area contributed by atoms with E-state index in [0.717, 1.165) is 7.11 Å². The first-order valence-corrected chi connectivity index (χ1v) is 0.447. The van der Waals surface area contributed by atoms with E-state index in [1.807, 2.05) is 0 Å². The van der Waals surface area contributed by atoms with Crippen molar-refractivity contribution in [3.63, 3.8) is 0 Å². The fraction of sp³-hybridized carbons (Fsp3) is 1.00. The molecule has 1 nitrogen and oxygen atoms in total. The van der Waals surface area contributed by atoms with Crippen molar-refractivity contribution in [3.8, 4) is 0 Å². The summed E-state index contributed by atoms with van der Waals surface area (Å²) in [5, 5.41) is 7.00. The molecule has 0 heterocycles. The maximum Gasteiger partial charge on any atom is 0.0319 e. The summed E-state index contributed by atoms with van der Waals surface area (Å²) in [5.41, 5.74) is 0. The Kier molecular flexibility index (Phi) is 284. The summed E-state index contributed by atoms with van der Waals surface area (Å²) in [6.07, 6.45) is 0. The first-order chi connectivity index (χ1) is 1.00. The molecule has 0 atom stereocenters. The quantitative estimate of drug-likeness (QED) is 0.550. The Morgan fingerprint density at radius 2 is 1.20 bits per heavy atom. The molecule has 0 aliphatic carbocycles. The molecule has 0 amide bonds. The molecular formula is CH4CuNiOZn. The predicted octanol–water partition coefficient (Wildman–Crippen LogP) is -0.399. The molecule has 0 rings (SSSR count). The molecule has 0 aliphatic heterocycles. The first-order valence-electron chi connectivity index (χ1n) is 0.447. The van der Waals surface area contributed by atoms with Gasteiger partial charge >= 0.3 is 0 Å². The zero-order valence-electron chi connectivity index (χ0n) is 2.77. The zero-order valence-corrected chi connectivity index (χ0v) is 7.67. The van der Waals surface area contributed by atoms with Crippen LogP contribution in [0.4, 0.5) is 0 Å². The molecule has 1 N–H and O–H groups in total. The molecule has 5 heavy (non-hydrogen) atoms. The van der Waals surface area contributed by atoms with E-state index in [1.54, 1.807) is 0 Å². The van der Waals surface area contributed by atoms with Crippen molar-refractivity contribution in [2.45, 2.75) is 0 Å². The Hall–Kier alpha value is 1.60. The minimum atomic E-state index is 0. The molecule has 0 bridgehead atoms. The monoisotopic (exact) mass is 217 g/mol. The molecular weight excluding hydrogens is 216 g/mol. The minimum Gasteiger partial charge on any atom is -0.400 e. The van der Waals surface area contributed by atoms with Gasteiger partial charge in [-0.15, -0.1) is 0 Å². The molecule has 4 heteroatoms. The van der Waals surface area contributed by atoms with Crippen LogP contribution in [0.25, 0.3) is 0 Å². The summed E-state index contributed by atoms with van der Waals surface area (Å²) in [7, 11) is 1.00. The SMILES string of the molecule is CO.[Cu].[Ni].[Zn]. The van der Waals surface area contributed by atoms with Crippen LogP contribution in [0.1, 0.15) is 0 Å². The van der Waals surface area contributed by atoms with Gasteiger partial charge in [0.05, 0.1) is 0 Å². The van der Waals surface area contributed by atoms with Gasteiger partial charge in [-0.2, -0.15) is 0 Å². The van der Waals surface area contributed by atoms with E-state index in [4.69, 9.17) is 5.11 Å². The molecule has 0 spiro atoms. The largest absolute Gasteiger partial charge is 0.400 e. The Bertz CT molecular complexity index is 11.6. The molecule has 0 saturated carbocycles. The van der Waals surface area contributed by atoms with E-state index in [9.17, 15) is 0 Å². The van der Waals surface area contributed by atoms with Gasteiger partial charge in [0.2, 0.25) is 0 Å². The van der Waals surface area contributed by atoms with E-state index in [0.29, 0.717) is 0 Å². The van der Waals surface area contributed by atoms with Gasteiger partial charge in [0.1, 0.15) is 0 Å². The smallest absolute Gasteiger partial charge is 0.0319 e. The van der Waals surface area contributed by atoms with Crippen LogP contribution in [0.2, 0.25) is 0 Å². The predicted molar refractivity (Wildman–Crippen MR) is 8.14 cm³/mol. The van der Waals surface area contributed by atoms with E-state index >= 15 is 0 Å².